The van der Waals surface area contributed by atoms with Crippen molar-refractivity contribution in [2.75, 3.05) is 13.1 Å². The molecule has 1 aliphatic rings. The number of carbonyl (C=O) groups is 1. The van der Waals surface area contributed by atoms with Gasteiger partial charge < -0.3 is 4.90 Å². The molecule has 0 saturated heterocycles. The molecule has 5 nitrogen and oxygen atoms in total. The number of sulfonamides is 1. The highest BCUT2D eigenvalue weighted by Crippen LogP contribution is 2.23. The lowest BCUT2D eigenvalue weighted by atomic mass is 9.98. The Bertz CT molecular complexity index is 997. The molecule has 0 saturated carbocycles. The van der Waals surface area contributed by atoms with E-state index in [1.807, 2.05) is 39.0 Å². The first kappa shape index (κ1) is 22.2. The van der Waals surface area contributed by atoms with E-state index in [4.69, 9.17) is 0 Å². The Morgan fingerprint density at radius 1 is 1.07 bits per heavy atom. The number of amides is 1. The Morgan fingerprint density at radius 3 is 2.30 bits per heavy atom. The molecule has 2 aromatic rings. The minimum atomic E-state index is -3.77. The van der Waals surface area contributed by atoms with Gasteiger partial charge in [-0.25, -0.2) is 8.42 Å². The molecule has 1 unspecified atom stereocenters. The number of carbonyl (C=O) groups excluding carboxylic acids is 1. The van der Waals surface area contributed by atoms with Crippen molar-refractivity contribution >= 4 is 21.5 Å². The first-order chi connectivity index (χ1) is 14.3. The summed E-state index contributed by atoms with van der Waals surface area (Å²) >= 11 is 0. The Labute approximate surface area is 179 Å². The number of rotatable bonds is 7. The molecule has 30 heavy (non-hydrogen) atoms. The highest BCUT2D eigenvalue weighted by molar-refractivity contribution is 7.89. The number of nitrogens with zero attached hydrogens (tertiary/aromatic N) is 1. The maximum atomic E-state index is 13.2. The zero-order valence-electron chi connectivity index (χ0n) is 17.8. The van der Waals surface area contributed by atoms with Gasteiger partial charge in [0, 0.05) is 13.1 Å². The summed E-state index contributed by atoms with van der Waals surface area (Å²) in [4.78, 5) is 15.1. The van der Waals surface area contributed by atoms with E-state index < -0.39 is 16.1 Å². The first-order valence-corrected chi connectivity index (χ1v) is 11.9. The van der Waals surface area contributed by atoms with E-state index >= 15 is 0 Å². The van der Waals surface area contributed by atoms with E-state index in [0.29, 0.717) is 19.5 Å². The van der Waals surface area contributed by atoms with Gasteiger partial charge in [-0.2, -0.15) is 4.72 Å². The van der Waals surface area contributed by atoms with Gasteiger partial charge in [-0.05, 0) is 49.0 Å². The van der Waals surface area contributed by atoms with E-state index in [-0.39, 0.29) is 16.7 Å². The summed E-state index contributed by atoms with van der Waals surface area (Å²) in [7, 11) is -3.77. The molecule has 160 valence electrons. The van der Waals surface area contributed by atoms with Crippen molar-refractivity contribution in [2.45, 2.75) is 44.6 Å². The highest BCUT2D eigenvalue weighted by Gasteiger charge is 2.30. The molecule has 0 aromatic heterocycles. The van der Waals surface area contributed by atoms with Crippen LogP contribution in [0.5, 0.6) is 0 Å². The third-order valence-electron chi connectivity index (χ3n) is 5.30. The Hall–Kier alpha value is -2.44. The van der Waals surface area contributed by atoms with Crippen LogP contribution in [0.1, 0.15) is 37.8 Å². The van der Waals surface area contributed by atoms with Crippen molar-refractivity contribution in [3.63, 3.8) is 0 Å². The quantitative estimate of drug-likeness (QED) is 0.728. The monoisotopic (exact) mass is 426 g/mol. The Morgan fingerprint density at radius 2 is 1.73 bits per heavy atom. The van der Waals surface area contributed by atoms with Gasteiger partial charge in [-0.15, -0.1) is 0 Å². The molecule has 0 radical (unpaired) electrons. The van der Waals surface area contributed by atoms with Crippen LogP contribution in [-0.4, -0.2) is 38.4 Å². The van der Waals surface area contributed by atoms with Gasteiger partial charge in [0.1, 0.15) is 6.04 Å². The number of aryl methyl sites for hydroxylation is 1. The van der Waals surface area contributed by atoms with E-state index in [1.165, 1.54) is 11.1 Å². The van der Waals surface area contributed by atoms with E-state index in [1.54, 1.807) is 29.2 Å². The topological polar surface area (TPSA) is 66.5 Å². The molecule has 0 aliphatic carbocycles. The molecule has 0 spiro atoms. The summed E-state index contributed by atoms with van der Waals surface area (Å²) < 4.78 is 28.4. The van der Waals surface area contributed by atoms with Crippen LogP contribution in [0.15, 0.2) is 65.6 Å². The molecule has 1 heterocycles. The molecule has 2 aromatic carbocycles. The van der Waals surface area contributed by atoms with Crippen molar-refractivity contribution in [1.29, 1.82) is 0 Å². The van der Waals surface area contributed by atoms with Crippen molar-refractivity contribution in [3.8, 4) is 0 Å². The highest BCUT2D eigenvalue weighted by atomic mass is 32.2. The molecule has 6 heteroatoms. The smallest absolute Gasteiger partial charge is 0.241 e. The van der Waals surface area contributed by atoms with Crippen molar-refractivity contribution in [2.24, 2.45) is 5.92 Å². The summed E-state index contributed by atoms with van der Waals surface area (Å²) in [6.07, 6.45) is 3.28. The second-order valence-corrected chi connectivity index (χ2v) is 9.96. The van der Waals surface area contributed by atoms with Crippen molar-refractivity contribution in [1.82, 2.24) is 9.62 Å². The number of benzene rings is 2. The fourth-order valence-electron chi connectivity index (χ4n) is 3.65. The molecule has 1 N–H and O–H groups in total. The fraction of sp³-hybridized carbons (Fsp3) is 0.375. The predicted molar refractivity (Wildman–Crippen MR) is 120 cm³/mol. The number of hydrogen-bond acceptors (Lipinski definition) is 3. The van der Waals surface area contributed by atoms with E-state index in [2.05, 4.69) is 22.9 Å². The van der Waals surface area contributed by atoms with Crippen LogP contribution in [-0.2, 0) is 14.8 Å². The van der Waals surface area contributed by atoms with Gasteiger partial charge in [0.25, 0.3) is 0 Å². The van der Waals surface area contributed by atoms with Crippen LogP contribution in [0, 0.1) is 12.8 Å². The van der Waals surface area contributed by atoms with Crippen LogP contribution in [0.3, 0.4) is 0 Å². The number of hydrogen-bond donors (Lipinski definition) is 1. The zero-order valence-corrected chi connectivity index (χ0v) is 18.7. The zero-order chi connectivity index (χ0) is 21.7. The Balaban J connectivity index is 1.74. The third kappa shape index (κ3) is 5.58. The molecule has 0 fully saturated rings. The SMILES string of the molecule is Cc1ccc(S(=O)(=O)NC(CC(C)C)C(=O)N2CC=C(c3ccccc3)CC2)cc1. The second-order valence-electron chi connectivity index (χ2n) is 8.25. The van der Waals surface area contributed by atoms with Gasteiger partial charge in [-0.3, -0.25) is 4.79 Å². The van der Waals surface area contributed by atoms with Crippen molar-refractivity contribution < 1.29 is 13.2 Å². The van der Waals surface area contributed by atoms with E-state index in [9.17, 15) is 13.2 Å². The van der Waals surface area contributed by atoms with Gasteiger partial charge in [-0.1, -0.05) is 68.0 Å². The van der Waals surface area contributed by atoms with Gasteiger partial charge in [0.05, 0.1) is 4.90 Å². The molecule has 1 aliphatic heterocycles. The molecule has 1 amide bonds. The summed E-state index contributed by atoms with van der Waals surface area (Å²) in [6, 6.07) is 16.0. The van der Waals surface area contributed by atoms with Crippen LogP contribution >= 0.6 is 0 Å². The lowest BCUT2D eigenvalue weighted by molar-refractivity contribution is -0.133. The summed E-state index contributed by atoms with van der Waals surface area (Å²) in [5, 5.41) is 0. The van der Waals surface area contributed by atoms with Gasteiger partial charge in [0.15, 0.2) is 0 Å². The molecule has 3 rings (SSSR count). The summed E-state index contributed by atoms with van der Waals surface area (Å²) in [6.45, 7) is 6.96. The lowest BCUT2D eigenvalue weighted by Crippen LogP contribution is -2.50. The molecular formula is C24H30N2O3S. The summed E-state index contributed by atoms with van der Waals surface area (Å²) in [5.41, 5.74) is 3.38. The van der Waals surface area contributed by atoms with Crippen LogP contribution in [0.2, 0.25) is 0 Å². The standard InChI is InChI=1S/C24H30N2O3S/c1-18(2)17-23(25-30(28,29)22-11-9-19(3)10-12-22)24(27)26-15-13-21(14-16-26)20-7-5-4-6-8-20/h4-13,18,23,25H,14-17H2,1-3H3. The predicted octanol–water partition coefficient (Wildman–Crippen LogP) is 4.00. The average molecular weight is 427 g/mol. The van der Waals surface area contributed by atoms with Crippen LogP contribution in [0.25, 0.3) is 5.57 Å². The second kappa shape index (κ2) is 9.58. The maximum absolute atomic E-state index is 13.2. The van der Waals surface area contributed by atoms with E-state index in [0.717, 1.165) is 12.0 Å². The molecular weight excluding hydrogens is 396 g/mol. The fourth-order valence-corrected chi connectivity index (χ4v) is 4.85. The lowest BCUT2D eigenvalue weighted by Gasteiger charge is -2.31. The molecule has 0 bridgehead atoms. The average Bonchev–Trinajstić information content (AvgIpc) is 2.73. The first-order valence-electron chi connectivity index (χ1n) is 10.4. The van der Waals surface area contributed by atoms with Gasteiger partial charge in [0.2, 0.25) is 15.9 Å². The van der Waals surface area contributed by atoms with Crippen LogP contribution in [0.4, 0.5) is 0 Å². The summed E-state index contributed by atoms with van der Waals surface area (Å²) in [5.74, 6) is 0.0163. The molecule has 1 atom stereocenters. The van der Waals surface area contributed by atoms with Crippen LogP contribution < -0.4 is 4.72 Å². The largest absolute Gasteiger partial charge is 0.337 e. The van der Waals surface area contributed by atoms with Gasteiger partial charge >= 0.3 is 0 Å². The third-order valence-corrected chi connectivity index (χ3v) is 6.79. The normalized spacial score (nSPS) is 15.7. The minimum absolute atomic E-state index is 0.164. The minimum Gasteiger partial charge on any atom is -0.337 e. The van der Waals surface area contributed by atoms with Crippen molar-refractivity contribution in [3.05, 3.63) is 71.8 Å². The Kier molecular flexibility index (Phi) is 7.10. The number of nitrogens with one attached hydrogen (secondary N) is 1. The maximum Gasteiger partial charge on any atom is 0.241 e.